The lowest BCUT2D eigenvalue weighted by molar-refractivity contribution is 0.209. The Morgan fingerprint density at radius 1 is 1.15 bits per heavy atom. The van der Waals surface area contributed by atoms with Crippen LogP contribution in [0.2, 0.25) is 0 Å². The van der Waals surface area contributed by atoms with Gasteiger partial charge in [-0.15, -0.1) is 0 Å². The molecule has 1 aliphatic rings. The molecule has 3 aromatic rings. The van der Waals surface area contributed by atoms with E-state index in [9.17, 15) is 4.79 Å². The van der Waals surface area contributed by atoms with Gasteiger partial charge in [0.05, 0.1) is 12.3 Å². The van der Waals surface area contributed by atoms with E-state index in [0.717, 1.165) is 41.9 Å². The van der Waals surface area contributed by atoms with Gasteiger partial charge < -0.3 is 14.2 Å². The first-order valence-corrected chi connectivity index (χ1v) is 9.64. The SMILES string of the molecule is Cc1cc2oc(=O)cc(CNC[C@H](c3ccco3)N3CCCC3)c2cc1C. The summed E-state index contributed by atoms with van der Waals surface area (Å²) in [4.78, 5) is 14.4. The zero-order chi connectivity index (χ0) is 18.8. The normalized spacial score (nSPS) is 16.2. The monoisotopic (exact) mass is 366 g/mol. The van der Waals surface area contributed by atoms with Crippen molar-refractivity contribution in [1.82, 2.24) is 10.2 Å². The molecule has 0 radical (unpaired) electrons. The number of furan rings is 1. The van der Waals surface area contributed by atoms with Crippen LogP contribution in [0.25, 0.3) is 11.0 Å². The van der Waals surface area contributed by atoms with Crippen molar-refractivity contribution < 1.29 is 8.83 Å². The number of rotatable bonds is 6. The third-order valence-corrected chi connectivity index (χ3v) is 5.55. The third-order valence-electron chi connectivity index (χ3n) is 5.55. The summed E-state index contributed by atoms with van der Waals surface area (Å²) >= 11 is 0. The molecule has 1 atom stereocenters. The van der Waals surface area contributed by atoms with Gasteiger partial charge in [0.1, 0.15) is 11.3 Å². The van der Waals surface area contributed by atoms with Crippen molar-refractivity contribution >= 4 is 11.0 Å². The molecule has 5 heteroatoms. The van der Waals surface area contributed by atoms with Gasteiger partial charge in [-0.2, -0.15) is 0 Å². The largest absolute Gasteiger partial charge is 0.468 e. The number of aryl methyl sites for hydroxylation is 2. The summed E-state index contributed by atoms with van der Waals surface area (Å²) in [5.74, 6) is 0.994. The van der Waals surface area contributed by atoms with Crippen LogP contribution in [-0.2, 0) is 6.54 Å². The van der Waals surface area contributed by atoms with Gasteiger partial charge in [-0.3, -0.25) is 4.90 Å². The molecule has 5 nitrogen and oxygen atoms in total. The van der Waals surface area contributed by atoms with E-state index in [4.69, 9.17) is 8.83 Å². The average molecular weight is 366 g/mol. The summed E-state index contributed by atoms with van der Waals surface area (Å²) in [6.07, 6.45) is 4.21. The number of nitrogens with one attached hydrogen (secondary N) is 1. The van der Waals surface area contributed by atoms with Crippen LogP contribution in [0.4, 0.5) is 0 Å². The van der Waals surface area contributed by atoms with Crippen LogP contribution in [0, 0.1) is 13.8 Å². The summed E-state index contributed by atoms with van der Waals surface area (Å²) in [5, 5.41) is 4.54. The Hall–Kier alpha value is -2.37. The fourth-order valence-corrected chi connectivity index (χ4v) is 3.92. The smallest absolute Gasteiger partial charge is 0.336 e. The Morgan fingerprint density at radius 2 is 1.93 bits per heavy atom. The minimum absolute atomic E-state index is 0.220. The minimum atomic E-state index is -0.301. The third kappa shape index (κ3) is 3.84. The highest BCUT2D eigenvalue weighted by Gasteiger charge is 2.25. The number of hydrogen-bond donors (Lipinski definition) is 1. The predicted molar refractivity (Wildman–Crippen MR) is 106 cm³/mol. The fraction of sp³-hybridized carbons (Fsp3) is 0.409. The number of benzene rings is 1. The predicted octanol–water partition coefficient (Wildman–Crippen LogP) is 3.93. The first-order chi connectivity index (χ1) is 13.1. The number of hydrogen-bond acceptors (Lipinski definition) is 5. The lowest BCUT2D eigenvalue weighted by Crippen LogP contribution is -2.33. The summed E-state index contributed by atoms with van der Waals surface area (Å²) in [6.45, 7) is 7.71. The number of fused-ring (bicyclic) bond motifs is 1. The molecule has 0 bridgehead atoms. The van der Waals surface area contributed by atoms with Crippen LogP contribution in [0.15, 0.2) is 50.2 Å². The summed E-state index contributed by atoms with van der Waals surface area (Å²) in [6, 6.07) is 9.86. The quantitative estimate of drug-likeness (QED) is 0.670. The topological polar surface area (TPSA) is 58.6 Å². The molecule has 1 N–H and O–H groups in total. The Balaban J connectivity index is 1.54. The van der Waals surface area contributed by atoms with Crippen molar-refractivity contribution in [2.24, 2.45) is 0 Å². The van der Waals surface area contributed by atoms with Gasteiger partial charge in [-0.25, -0.2) is 4.79 Å². The van der Waals surface area contributed by atoms with E-state index in [1.807, 2.05) is 25.1 Å². The second-order valence-electron chi connectivity index (χ2n) is 7.43. The van der Waals surface area contributed by atoms with E-state index < -0.39 is 0 Å². The van der Waals surface area contributed by atoms with Crippen LogP contribution in [0.5, 0.6) is 0 Å². The molecular formula is C22H26N2O3. The maximum atomic E-state index is 12.0. The summed E-state index contributed by atoms with van der Waals surface area (Å²) in [5.41, 5.74) is 3.66. The molecule has 2 aromatic heterocycles. The molecule has 1 fully saturated rings. The molecule has 0 amide bonds. The Morgan fingerprint density at radius 3 is 2.67 bits per heavy atom. The standard InChI is InChI=1S/C22H26N2O3/c1-15-10-18-17(12-22(25)27-21(18)11-16(15)2)13-23-14-19(20-6-5-9-26-20)24-7-3-4-8-24/h5-6,9-12,19,23H,3-4,7-8,13-14H2,1-2H3/t19-/m1/s1. The van der Waals surface area contributed by atoms with Crippen LogP contribution >= 0.6 is 0 Å². The second kappa shape index (κ2) is 7.71. The first-order valence-electron chi connectivity index (χ1n) is 9.64. The van der Waals surface area contributed by atoms with Crippen LogP contribution < -0.4 is 10.9 Å². The summed E-state index contributed by atoms with van der Waals surface area (Å²) in [7, 11) is 0. The van der Waals surface area contributed by atoms with E-state index in [2.05, 4.69) is 23.2 Å². The van der Waals surface area contributed by atoms with Crippen molar-refractivity contribution in [2.45, 2.75) is 39.3 Å². The number of nitrogens with zero attached hydrogens (tertiary/aromatic N) is 1. The zero-order valence-corrected chi connectivity index (χ0v) is 16.0. The second-order valence-corrected chi connectivity index (χ2v) is 7.43. The highest BCUT2D eigenvalue weighted by molar-refractivity contribution is 5.81. The molecule has 4 rings (SSSR count). The minimum Gasteiger partial charge on any atom is -0.468 e. The molecule has 0 spiro atoms. The molecule has 0 saturated carbocycles. The van der Waals surface area contributed by atoms with Crippen molar-refractivity contribution in [3.05, 3.63) is 69.5 Å². The maximum Gasteiger partial charge on any atom is 0.336 e. The molecular weight excluding hydrogens is 340 g/mol. The van der Waals surface area contributed by atoms with Gasteiger partial charge in [-0.05, 0) is 80.7 Å². The Kier molecular flexibility index (Phi) is 5.14. The Bertz CT molecular complexity index is 969. The van der Waals surface area contributed by atoms with E-state index in [1.165, 1.54) is 18.4 Å². The van der Waals surface area contributed by atoms with E-state index in [0.29, 0.717) is 12.1 Å². The lowest BCUT2D eigenvalue weighted by atomic mass is 10.0. The van der Waals surface area contributed by atoms with Gasteiger partial charge >= 0.3 is 5.63 Å². The van der Waals surface area contributed by atoms with Gasteiger partial charge in [-0.1, -0.05) is 0 Å². The van der Waals surface area contributed by atoms with Gasteiger partial charge in [0.2, 0.25) is 0 Å². The van der Waals surface area contributed by atoms with Gasteiger partial charge in [0.15, 0.2) is 0 Å². The molecule has 1 aromatic carbocycles. The molecule has 0 aliphatic carbocycles. The summed E-state index contributed by atoms with van der Waals surface area (Å²) < 4.78 is 11.1. The van der Waals surface area contributed by atoms with E-state index in [1.54, 1.807) is 12.3 Å². The van der Waals surface area contributed by atoms with Crippen molar-refractivity contribution in [2.75, 3.05) is 19.6 Å². The van der Waals surface area contributed by atoms with Gasteiger partial charge in [0, 0.05) is 24.5 Å². The molecule has 3 heterocycles. The fourth-order valence-electron chi connectivity index (χ4n) is 3.92. The molecule has 0 unspecified atom stereocenters. The van der Waals surface area contributed by atoms with Crippen LogP contribution in [0.3, 0.4) is 0 Å². The molecule has 27 heavy (non-hydrogen) atoms. The van der Waals surface area contributed by atoms with Gasteiger partial charge in [0.25, 0.3) is 0 Å². The number of likely N-dealkylation sites (tertiary alicyclic amines) is 1. The maximum absolute atomic E-state index is 12.0. The van der Waals surface area contributed by atoms with Crippen molar-refractivity contribution in [3.63, 3.8) is 0 Å². The molecule has 142 valence electrons. The highest BCUT2D eigenvalue weighted by Crippen LogP contribution is 2.26. The molecule has 1 saturated heterocycles. The Labute approximate surface area is 159 Å². The lowest BCUT2D eigenvalue weighted by Gasteiger charge is -2.26. The zero-order valence-electron chi connectivity index (χ0n) is 16.0. The van der Waals surface area contributed by atoms with E-state index >= 15 is 0 Å². The molecule has 1 aliphatic heterocycles. The van der Waals surface area contributed by atoms with Crippen LogP contribution in [-0.4, -0.2) is 24.5 Å². The van der Waals surface area contributed by atoms with E-state index in [-0.39, 0.29) is 11.7 Å². The first kappa shape index (κ1) is 18.0. The van der Waals surface area contributed by atoms with Crippen molar-refractivity contribution in [3.8, 4) is 0 Å². The van der Waals surface area contributed by atoms with Crippen molar-refractivity contribution in [1.29, 1.82) is 0 Å². The highest BCUT2D eigenvalue weighted by atomic mass is 16.4. The van der Waals surface area contributed by atoms with Crippen LogP contribution in [0.1, 0.15) is 41.3 Å². The average Bonchev–Trinajstić information content (AvgIpc) is 3.34.